The van der Waals surface area contributed by atoms with E-state index in [-0.39, 0.29) is 12.2 Å². The van der Waals surface area contributed by atoms with Crippen LogP contribution in [0.2, 0.25) is 0 Å². The fraction of sp³-hybridized carbons (Fsp3) is 0.833. The predicted molar refractivity (Wildman–Crippen MR) is 84.9 cm³/mol. The van der Waals surface area contributed by atoms with E-state index >= 15 is 0 Å². The lowest BCUT2D eigenvalue weighted by atomic mass is 9.97. The van der Waals surface area contributed by atoms with Gasteiger partial charge in [0.25, 0.3) is 0 Å². The summed E-state index contributed by atoms with van der Waals surface area (Å²) < 4.78 is 6.09. The number of Topliss-reactive ketones (excluding diaryl/α,β-unsaturated/α-hetero) is 1. The van der Waals surface area contributed by atoms with Crippen LogP contribution in [0.5, 0.6) is 0 Å². The van der Waals surface area contributed by atoms with Crippen molar-refractivity contribution in [1.29, 1.82) is 0 Å². The molecule has 1 saturated heterocycles. The van der Waals surface area contributed by atoms with E-state index in [2.05, 4.69) is 26.8 Å². The van der Waals surface area contributed by atoms with Gasteiger partial charge in [0, 0.05) is 12.8 Å². The van der Waals surface area contributed by atoms with E-state index in [9.17, 15) is 4.79 Å². The van der Waals surface area contributed by atoms with E-state index in [0.29, 0.717) is 18.6 Å². The molecular weight excluding hydrogens is 248 g/mol. The topological polar surface area (TPSA) is 26.3 Å². The summed E-state index contributed by atoms with van der Waals surface area (Å²) in [6, 6.07) is 0. The molecule has 1 aliphatic rings. The minimum absolute atomic E-state index is 0.0317. The molecule has 0 saturated carbocycles. The summed E-state index contributed by atoms with van der Waals surface area (Å²) in [5, 5.41) is 0. The lowest BCUT2D eigenvalue weighted by Crippen LogP contribution is -2.32. The van der Waals surface area contributed by atoms with E-state index < -0.39 is 0 Å². The van der Waals surface area contributed by atoms with E-state index in [1.165, 1.54) is 44.1 Å². The minimum atomic E-state index is 0.0317. The van der Waals surface area contributed by atoms with Crippen molar-refractivity contribution >= 4 is 5.78 Å². The third-order valence-corrected chi connectivity index (χ3v) is 4.03. The molecular formula is C18H32O2. The summed E-state index contributed by atoms with van der Waals surface area (Å²) in [6.45, 7) is 6.59. The second-order valence-corrected chi connectivity index (χ2v) is 6.21. The number of rotatable bonds is 9. The quantitative estimate of drug-likeness (QED) is 0.428. The molecule has 0 aliphatic carbocycles. The maximum atomic E-state index is 11.9. The Morgan fingerprint density at radius 2 is 1.90 bits per heavy atom. The van der Waals surface area contributed by atoms with Crippen LogP contribution in [0.4, 0.5) is 0 Å². The highest BCUT2D eigenvalue weighted by Crippen LogP contribution is 2.23. The second kappa shape index (κ2) is 10.1. The average molecular weight is 280 g/mol. The Kier molecular flexibility index (Phi) is 8.84. The van der Waals surface area contributed by atoms with Crippen LogP contribution in [0.1, 0.15) is 85.0 Å². The van der Waals surface area contributed by atoms with Gasteiger partial charge in [-0.05, 0) is 26.2 Å². The van der Waals surface area contributed by atoms with Gasteiger partial charge in [0.15, 0.2) is 0 Å². The Morgan fingerprint density at radius 1 is 1.15 bits per heavy atom. The van der Waals surface area contributed by atoms with Gasteiger partial charge in [-0.15, -0.1) is 0 Å². The third kappa shape index (κ3) is 7.23. The number of hydrogen-bond acceptors (Lipinski definition) is 2. The largest absolute Gasteiger partial charge is 0.370 e. The highest BCUT2D eigenvalue weighted by Gasteiger charge is 2.26. The summed E-state index contributed by atoms with van der Waals surface area (Å²) in [5.41, 5.74) is 1.37. The summed E-state index contributed by atoms with van der Waals surface area (Å²) in [4.78, 5) is 11.9. The molecule has 0 unspecified atom stereocenters. The van der Waals surface area contributed by atoms with Gasteiger partial charge in [-0.25, -0.2) is 0 Å². The Hall–Kier alpha value is -0.630. The molecule has 116 valence electrons. The van der Waals surface area contributed by atoms with Gasteiger partial charge in [-0.3, -0.25) is 4.79 Å². The van der Waals surface area contributed by atoms with Gasteiger partial charge in [-0.2, -0.15) is 0 Å². The van der Waals surface area contributed by atoms with Crippen LogP contribution >= 0.6 is 0 Å². The van der Waals surface area contributed by atoms with Gasteiger partial charge in [0.2, 0.25) is 0 Å². The van der Waals surface area contributed by atoms with Crippen molar-refractivity contribution in [3.63, 3.8) is 0 Å². The first-order valence-corrected chi connectivity index (χ1v) is 8.50. The molecule has 0 aromatic rings. The van der Waals surface area contributed by atoms with Crippen molar-refractivity contribution in [3.8, 4) is 0 Å². The molecule has 20 heavy (non-hydrogen) atoms. The molecule has 0 bridgehead atoms. The van der Waals surface area contributed by atoms with Gasteiger partial charge in [0.05, 0.1) is 12.2 Å². The molecule has 0 aromatic heterocycles. The average Bonchev–Trinajstić information content (AvgIpc) is 2.41. The van der Waals surface area contributed by atoms with Crippen LogP contribution in [0.3, 0.4) is 0 Å². The molecule has 2 nitrogen and oxygen atoms in total. The SMILES string of the molecule is CCCCCC[C@@H]1CC(=O)C[C@H](/C=C(\C)CCCC)O1. The molecule has 2 atom stereocenters. The normalized spacial score (nSPS) is 24.1. The molecule has 2 heteroatoms. The molecule has 1 rings (SSSR count). The first-order valence-electron chi connectivity index (χ1n) is 8.50. The van der Waals surface area contributed by atoms with Crippen molar-refractivity contribution in [2.45, 2.75) is 97.2 Å². The van der Waals surface area contributed by atoms with Crippen molar-refractivity contribution in [3.05, 3.63) is 11.6 Å². The maximum Gasteiger partial charge on any atom is 0.138 e. The standard InChI is InChI=1S/C18H32O2/c1-4-6-8-9-11-17-13-16(19)14-18(20-17)12-15(3)10-7-5-2/h12,17-18H,4-11,13-14H2,1-3H3/b15-12+/t17-,18+/m1/s1. The van der Waals surface area contributed by atoms with Gasteiger partial charge >= 0.3 is 0 Å². The highest BCUT2D eigenvalue weighted by atomic mass is 16.5. The van der Waals surface area contributed by atoms with Crippen molar-refractivity contribution < 1.29 is 9.53 Å². The zero-order valence-electron chi connectivity index (χ0n) is 13.6. The van der Waals surface area contributed by atoms with Crippen LogP contribution in [0.25, 0.3) is 0 Å². The molecule has 0 aromatic carbocycles. The maximum absolute atomic E-state index is 11.9. The number of hydrogen-bond donors (Lipinski definition) is 0. The first kappa shape index (κ1) is 17.4. The zero-order chi connectivity index (χ0) is 14.8. The Morgan fingerprint density at radius 3 is 2.60 bits per heavy atom. The van der Waals surface area contributed by atoms with Gasteiger partial charge in [0.1, 0.15) is 5.78 Å². The lowest BCUT2D eigenvalue weighted by Gasteiger charge is -2.28. The fourth-order valence-corrected chi connectivity index (χ4v) is 2.83. The number of carbonyl (C=O) groups is 1. The first-order chi connectivity index (χ1) is 9.65. The smallest absolute Gasteiger partial charge is 0.138 e. The minimum Gasteiger partial charge on any atom is -0.370 e. The van der Waals surface area contributed by atoms with Crippen LogP contribution in [-0.4, -0.2) is 18.0 Å². The fourth-order valence-electron chi connectivity index (χ4n) is 2.83. The van der Waals surface area contributed by atoms with Crippen LogP contribution < -0.4 is 0 Å². The van der Waals surface area contributed by atoms with E-state index in [1.807, 2.05) is 0 Å². The molecule has 0 spiro atoms. The summed E-state index contributed by atoms with van der Waals surface area (Å²) >= 11 is 0. The second-order valence-electron chi connectivity index (χ2n) is 6.21. The Balaban J connectivity index is 2.38. The van der Waals surface area contributed by atoms with E-state index in [1.54, 1.807) is 0 Å². The lowest BCUT2D eigenvalue weighted by molar-refractivity contribution is -0.132. The monoisotopic (exact) mass is 280 g/mol. The Bertz CT molecular complexity index is 307. The molecule has 0 radical (unpaired) electrons. The summed E-state index contributed by atoms with van der Waals surface area (Å²) in [5.74, 6) is 0.376. The van der Waals surface area contributed by atoms with E-state index in [0.717, 1.165) is 12.8 Å². The predicted octanol–water partition coefficient (Wildman–Crippen LogP) is 5.21. The Labute approximate surface area is 125 Å². The highest BCUT2D eigenvalue weighted by molar-refractivity contribution is 5.80. The van der Waals surface area contributed by atoms with Crippen LogP contribution in [0.15, 0.2) is 11.6 Å². The molecule has 0 amide bonds. The summed E-state index contributed by atoms with van der Waals surface area (Å²) in [7, 11) is 0. The van der Waals surface area contributed by atoms with Gasteiger partial charge in [-0.1, -0.05) is 57.6 Å². The van der Waals surface area contributed by atoms with Crippen molar-refractivity contribution in [2.24, 2.45) is 0 Å². The molecule has 1 fully saturated rings. The van der Waals surface area contributed by atoms with Crippen molar-refractivity contribution in [2.75, 3.05) is 0 Å². The number of ether oxygens (including phenoxy) is 1. The molecule has 0 N–H and O–H groups in total. The molecule has 1 aliphatic heterocycles. The van der Waals surface area contributed by atoms with E-state index in [4.69, 9.17) is 4.74 Å². The number of allylic oxidation sites excluding steroid dienone is 1. The third-order valence-electron chi connectivity index (χ3n) is 4.03. The van der Waals surface area contributed by atoms with Gasteiger partial charge < -0.3 is 4.74 Å². The van der Waals surface area contributed by atoms with Crippen LogP contribution in [0, 0.1) is 0 Å². The molecule has 1 heterocycles. The zero-order valence-corrected chi connectivity index (χ0v) is 13.6. The number of ketones is 1. The van der Waals surface area contributed by atoms with Crippen molar-refractivity contribution in [1.82, 2.24) is 0 Å². The number of unbranched alkanes of at least 4 members (excludes halogenated alkanes) is 4. The van der Waals surface area contributed by atoms with Crippen LogP contribution in [-0.2, 0) is 9.53 Å². The summed E-state index contributed by atoms with van der Waals surface area (Å²) in [6.07, 6.45) is 13.2. The number of carbonyl (C=O) groups excluding carboxylic acids is 1.